The average Bonchev–Trinajstić information content (AvgIpc) is 2.39. The quantitative estimate of drug-likeness (QED) is 0.838. The smallest absolute Gasteiger partial charge is 0.425 e. The van der Waals surface area contributed by atoms with E-state index in [9.17, 15) is 8.42 Å². The maximum absolute atomic E-state index is 12.1. The molecule has 0 fully saturated rings. The molecule has 0 saturated carbocycles. The Hall–Kier alpha value is -2.39. The van der Waals surface area contributed by atoms with E-state index in [-0.39, 0.29) is 21.3 Å². The molecule has 21 heavy (non-hydrogen) atoms. The van der Waals surface area contributed by atoms with Crippen molar-refractivity contribution in [3.63, 3.8) is 0 Å². The minimum Gasteiger partial charge on any atom is -0.508 e. The highest BCUT2D eigenvalue weighted by atomic mass is 32.2. The van der Waals surface area contributed by atoms with Gasteiger partial charge in [-0.3, -0.25) is 0 Å². The molecular weight excluding hydrogens is 320 g/mol. The van der Waals surface area contributed by atoms with Crippen molar-refractivity contribution in [3.8, 4) is 11.5 Å². The van der Waals surface area contributed by atoms with Gasteiger partial charge in [0.2, 0.25) is 9.84 Å². The van der Waals surface area contributed by atoms with Gasteiger partial charge in [0.1, 0.15) is 11.5 Å². The summed E-state index contributed by atoms with van der Waals surface area (Å²) in [6, 6.07) is 10.6. The van der Waals surface area contributed by atoms with Gasteiger partial charge in [-0.1, -0.05) is 0 Å². The highest BCUT2D eigenvalue weighted by molar-refractivity contribution is 7.91. The highest BCUT2D eigenvalue weighted by Gasteiger charge is 2.17. The third-order valence-corrected chi connectivity index (χ3v) is 4.08. The highest BCUT2D eigenvalue weighted by Crippen LogP contribution is 2.23. The second-order valence-corrected chi connectivity index (χ2v) is 6.05. The van der Waals surface area contributed by atoms with Gasteiger partial charge >= 0.3 is 10.6 Å². The van der Waals surface area contributed by atoms with E-state index in [1.807, 2.05) is 0 Å². The zero-order chi connectivity index (χ0) is 16.0. The predicted octanol–water partition coefficient (Wildman–Crippen LogP) is 0.926. The van der Waals surface area contributed by atoms with Crippen LogP contribution in [0.1, 0.15) is 0 Å². The van der Waals surface area contributed by atoms with E-state index in [1.54, 1.807) is 0 Å². The van der Waals surface area contributed by atoms with Crippen LogP contribution in [-0.4, -0.2) is 31.3 Å². The summed E-state index contributed by atoms with van der Waals surface area (Å²) >= 11 is 0. The number of hydrogen-bond donors (Lipinski definition) is 2. The van der Waals surface area contributed by atoms with Crippen LogP contribution >= 0.6 is 0 Å². The van der Waals surface area contributed by atoms with Crippen molar-refractivity contribution in [1.82, 2.24) is 0 Å². The molecule has 0 unspecified atom stereocenters. The number of phenols is 2. The first-order valence-electron chi connectivity index (χ1n) is 5.33. The van der Waals surface area contributed by atoms with E-state index in [2.05, 4.69) is 0 Å². The predicted molar refractivity (Wildman–Crippen MR) is 71.4 cm³/mol. The van der Waals surface area contributed by atoms with Crippen LogP contribution in [-0.2, 0) is 20.4 Å². The Morgan fingerprint density at radius 2 is 0.905 bits per heavy atom. The van der Waals surface area contributed by atoms with Gasteiger partial charge < -0.3 is 10.2 Å². The summed E-state index contributed by atoms with van der Waals surface area (Å²) in [6.07, 6.45) is 0. The van der Waals surface area contributed by atoms with E-state index in [0.29, 0.717) is 0 Å². The zero-order valence-corrected chi connectivity index (χ0v) is 12.0. The Morgan fingerprint density at radius 1 is 0.667 bits per heavy atom. The van der Waals surface area contributed by atoms with Gasteiger partial charge in [-0.25, -0.2) is 8.42 Å². The first-order chi connectivity index (χ1) is 9.73. The lowest BCUT2D eigenvalue weighted by atomic mass is 10.3. The monoisotopic (exact) mass is 330 g/mol. The molecule has 0 spiro atoms. The van der Waals surface area contributed by atoms with Crippen LogP contribution in [0.25, 0.3) is 0 Å². The molecule has 0 aliphatic rings. The van der Waals surface area contributed by atoms with Gasteiger partial charge in [-0.05, 0) is 48.5 Å². The topological polar surface area (TPSA) is 126 Å². The van der Waals surface area contributed by atoms with Crippen molar-refractivity contribution in [2.24, 2.45) is 0 Å². The van der Waals surface area contributed by atoms with Gasteiger partial charge in [-0.15, -0.1) is 12.6 Å². The SMILES string of the molecule is O=S(=O)(c1ccc(O)cc1)c1ccc(O)cc1.O=S(=O)=O. The molecule has 9 heteroatoms. The molecular formula is C12H10O7S2. The molecule has 0 heterocycles. The van der Waals surface area contributed by atoms with E-state index in [4.69, 9.17) is 22.8 Å². The van der Waals surface area contributed by atoms with Crippen LogP contribution in [0.4, 0.5) is 0 Å². The number of benzene rings is 2. The van der Waals surface area contributed by atoms with Gasteiger partial charge in [0.25, 0.3) is 0 Å². The number of hydrogen-bond acceptors (Lipinski definition) is 7. The summed E-state index contributed by atoms with van der Waals surface area (Å²) in [5.41, 5.74) is 0. The minimum absolute atomic E-state index is 0.00894. The Bertz CT molecular complexity index is 747. The second-order valence-electron chi connectivity index (χ2n) is 3.70. The fraction of sp³-hybridized carbons (Fsp3) is 0. The molecule has 0 aromatic heterocycles. The van der Waals surface area contributed by atoms with Gasteiger partial charge in [0, 0.05) is 0 Å². The summed E-state index contributed by atoms with van der Waals surface area (Å²) in [5.74, 6) is 0.0179. The average molecular weight is 330 g/mol. The van der Waals surface area contributed by atoms with Crippen LogP contribution in [0.15, 0.2) is 58.3 Å². The lowest BCUT2D eigenvalue weighted by molar-refractivity contribution is 0.474. The van der Waals surface area contributed by atoms with Crippen LogP contribution in [0, 0.1) is 0 Å². The molecule has 0 bridgehead atoms. The molecule has 112 valence electrons. The normalized spacial score (nSPS) is 10.3. The third kappa shape index (κ3) is 4.89. The molecule has 7 nitrogen and oxygen atoms in total. The molecule has 0 atom stereocenters. The number of phenolic OH excluding ortho intramolecular Hbond substituents is 2. The molecule has 2 rings (SSSR count). The Kier molecular flexibility index (Phi) is 5.44. The van der Waals surface area contributed by atoms with E-state index >= 15 is 0 Å². The van der Waals surface area contributed by atoms with Crippen LogP contribution in [0.5, 0.6) is 11.5 Å². The lowest BCUT2D eigenvalue weighted by Gasteiger charge is -2.04. The summed E-state index contributed by atoms with van der Waals surface area (Å²) < 4.78 is 49.5. The van der Waals surface area contributed by atoms with Gasteiger partial charge in [0.15, 0.2) is 0 Å². The molecule has 2 aromatic rings. The summed E-state index contributed by atoms with van der Waals surface area (Å²) in [6.45, 7) is 0. The van der Waals surface area contributed by atoms with Crippen molar-refractivity contribution in [1.29, 1.82) is 0 Å². The van der Waals surface area contributed by atoms with Gasteiger partial charge in [-0.2, -0.15) is 0 Å². The zero-order valence-electron chi connectivity index (χ0n) is 10.4. The Labute approximate surface area is 122 Å². The van der Waals surface area contributed by atoms with Crippen molar-refractivity contribution in [2.75, 3.05) is 0 Å². The molecule has 2 aromatic carbocycles. The van der Waals surface area contributed by atoms with Crippen LogP contribution < -0.4 is 0 Å². The largest absolute Gasteiger partial charge is 0.508 e. The van der Waals surface area contributed by atoms with E-state index in [1.165, 1.54) is 48.5 Å². The fourth-order valence-electron chi connectivity index (χ4n) is 1.39. The van der Waals surface area contributed by atoms with Gasteiger partial charge in [0.05, 0.1) is 9.79 Å². The van der Waals surface area contributed by atoms with E-state index in [0.717, 1.165) is 0 Å². The summed E-state index contributed by atoms with van der Waals surface area (Å²) in [4.78, 5) is 0.196. The number of sulfone groups is 1. The third-order valence-electron chi connectivity index (χ3n) is 2.29. The van der Waals surface area contributed by atoms with Crippen LogP contribution in [0.2, 0.25) is 0 Å². The number of rotatable bonds is 2. The molecule has 0 radical (unpaired) electrons. The van der Waals surface area contributed by atoms with E-state index < -0.39 is 20.4 Å². The molecule has 0 aliphatic heterocycles. The fourth-order valence-corrected chi connectivity index (χ4v) is 2.65. The van der Waals surface area contributed by atoms with Crippen molar-refractivity contribution >= 4 is 20.4 Å². The first-order valence-corrected chi connectivity index (χ1v) is 7.81. The van der Waals surface area contributed by atoms with Crippen molar-refractivity contribution in [2.45, 2.75) is 9.79 Å². The molecule has 0 saturated heterocycles. The lowest BCUT2D eigenvalue weighted by Crippen LogP contribution is -2.01. The maximum Gasteiger partial charge on any atom is 0.425 e. The minimum atomic E-state index is -3.59. The second kappa shape index (κ2) is 6.86. The van der Waals surface area contributed by atoms with Crippen molar-refractivity contribution in [3.05, 3.63) is 48.5 Å². The standard InChI is InChI=1S/C12H10O4S.O3S/c13-9-1-5-11(6-2-9)17(15,16)12-7-3-10(14)4-8-12;1-4(2)3/h1-8,13-14H;. The molecule has 2 N–H and O–H groups in total. The maximum atomic E-state index is 12.1. The molecule has 0 amide bonds. The summed E-state index contributed by atoms with van der Waals surface area (Å²) in [7, 11) is -6.71. The summed E-state index contributed by atoms with van der Waals surface area (Å²) in [5, 5.41) is 18.2. The number of aromatic hydroxyl groups is 2. The van der Waals surface area contributed by atoms with Crippen molar-refractivity contribution < 1.29 is 31.3 Å². The molecule has 0 aliphatic carbocycles. The first kappa shape index (κ1) is 16.7. The Morgan fingerprint density at radius 3 is 1.14 bits per heavy atom. The van der Waals surface area contributed by atoms with Crippen LogP contribution in [0.3, 0.4) is 0 Å². The Balaban J connectivity index is 0.000000491.